The van der Waals surface area contributed by atoms with Crippen LogP contribution in [0, 0.1) is 5.92 Å². The Morgan fingerprint density at radius 3 is 2.29 bits per heavy atom. The van der Waals surface area contributed by atoms with E-state index in [1.54, 1.807) is 18.2 Å². The molecule has 3 nitrogen and oxygen atoms in total. The molecule has 0 saturated carbocycles. The lowest BCUT2D eigenvalue weighted by Crippen LogP contribution is -2.41. The summed E-state index contributed by atoms with van der Waals surface area (Å²) in [6.45, 7) is 6.10. The average molecular weight is 365 g/mol. The maximum absolute atomic E-state index is 12.5. The standard InChI is InChI=1S/C19H22Cl2N2O/c1-12(2)18(14-7-5-4-6-8-14)22-13(3)19(24)23-17-11-15(20)9-10-16(17)21/h4-13,18,22H,1-3H3,(H,23,24)/t13-,18+/m0/s1. The Morgan fingerprint density at radius 2 is 1.67 bits per heavy atom. The summed E-state index contributed by atoms with van der Waals surface area (Å²) in [6, 6.07) is 14.8. The molecule has 2 N–H and O–H groups in total. The Morgan fingerprint density at radius 1 is 1.00 bits per heavy atom. The maximum Gasteiger partial charge on any atom is 0.241 e. The van der Waals surface area contributed by atoms with Gasteiger partial charge in [0, 0.05) is 11.1 Å². The van der Waals surface area contributed by atoms with Crippen molar-refractivity contribution in [2.45, 2.75) is 32.9 Å². The molecule has 0 heterocycles. The normalized spacial score (nSPS) is 13.6. The molecular formula is C19H22Cl2N2O. The van der Waals surface area contributed by atoms with Gasteiger partial charge in [0.1, 0.15) is 0 Å². The van der Waals surface area contributed by atoms with Crippen molar-refractivity contribution in [3.8, 4) is 0 Å². The molecule has 0 aliphatic carbocycles. The third kappa shape index (κ3) is 4.97. The summed E-state index contributed by atoms with van der Waals surface area (Å²) in [5.74, 6) is 0.193. The SMILES string of the molecule is CC(C)[C@@H](N[C@@H](C)C(=O)Nc1cc(Cl)ccc1Cl)c1ccccc1. The predicted molar refractivity (Wildman–Crippen MR) is 102 cm³/mol. The minimum Gasteiger partial charge on any atom is -0.323 e. The number of nitrogens with one attached hydrogen (secondary N) is 2. The molecule has 0 aromatic heterocycles. The van der Waals surface area contributed by atoms with Crippen molar-refractivity contribution < 1.29 is 4.79 Å². The van der Waals surface area contributed by atoms with Crippen LogP contribution in [0.15, 0.2) is 48.5 Å². The molecule has 0 fully saturated rings. The van der Waals surface area contributed by atoms with Gasteiger partial charge in [-0.2, -0.15) is 0 Å². The smallest absolute Gasteiger partial charge is 0.241 e. The lowest BCUT2D eigenvalue weighted by atomic mass is 9.95. The van der Waals surface area contributed by atoms with Gasteiger partial charge in [-0.25, -0.2) is 0 Å². The summed E-state index contributed by atoms with van der Waals surface area (Å²) in [7, 11) is 0. The largest absolute Gasteiger partial charge is 0.323 e. The van der Waals surface area contributed by atoms with Crippen LogP contribution in [-0.2, 0) is 4.79 Å². The Bertz CT molecular complexity index is 689. The van der Waals surface area contributed by atoms with E-state index in [1.165, 1.54) is 0 Å². The van der Waals surface area contributed by atoms with Gasteiger partial charge >= 0.3 is 0 Å². The molecule has 2 aromatic carbocycles. The third-order valence-electron chi connectivity index (χ3n) is 3.83. The third-order valence-corrected chi connectivity index (χ3v) is 4.40. The first-order valence-electron chi connectivity index (χ1n) is 7.95. The number of carbonyl (C=O) groups is 1. The first-order chi connectivity index (χ1) is 11.4. The van der Waals surface area contributed by atoms with Crippen LogP contribution in [0.25, 0.3) is 0 Å². The number of hydrogen-bond donors (Lipinski definition) is 2. The fourth-order valence-corrected chi connectivity index (χ4v) is 2.85. The van der Waals surface area contributed by atoms with E-state index in [2.05, 4.69) is 36.6 Å². The van der Waals surface area contributed by atoms with Crippen molar-refractivity contribution in [1.29, 1.82) is 0 Å². The number of benzene rings is 2. The van der Waals surface area contributed by atoms with E-state index in [-0.39, 0.29) is 18.0 Å². The van der Waals surface area contributed by atoms with Crippen LogP contribution in [0.3, 0.4) is 0 Å². The molecule has 2 aromatic rings. The van der Waals surface area contributed by atoms with E-state index in [1.807, 2.05) is 25.1 Å². The average Bonchev–Trinajstić information content (AvgIpc) is 2.56. The number of carbonyl (C=O) groups excluding carboxylic acids is 1. The molecule has 0 spiro atoms. The highest BCUT2D eigenvalue weighted by atomic mass is 35.5. The van der Waals surface area contributed by atoms with Crippen LogP contribution in [0.4, 0.5) is 5.69 Å². The summed E-state index contributed by atoms with van der Waals surface area (Å²) in [5.41, 5.74) is 1.68. The molecule has 24 heavy (non-hydrogen) atoms. The summed E-state index contributed by atoms with van der Waals surface area (Å²) >= 11 is 12.1. The van der Waals surface area contributed by atoms with Crippen LogP contribution in [0.1, 0.15) is 32.4 Å². The molecular weight excluding hydrogens is 343 g/mol. The van der Waals surface area contributed by atoms with Crippen LogP contribution >= 0.6 is 23.2 Å². The van der Waals surface area contributed by atoms with Gasteiger partial charge in [-0.15, -0.1) is 0 Å². The number of amides is 1. The van der Waals surface area contributed by atoms with E-state index in [9.17, 15) is 4.79 Å². The lowest BCUT2D eigenvalue weighted by Gasteiger charge is -2.26. The van der Waals surface area contributed by atoms with Gasteiger partial charge < -0.3 is 5.32 Å². The molecule has 0 aliphatic heterocycles. The van der Waals surface area contributed by atoms with E-state index in [4.69, 9.17) is 23.2 Å². The zero-order chi connectivity index (χ0) is 17.7. The van der Waals surface area contributed by atoms with Crippen molar-refractivity contribution in [2.75, 3.05) is 5.32 Å². The van der Waals surface area contributed by atoms with Gasteiger partial charge in [0.2, 0.25) is 5.91 Å². The summed E-state index contributed by atoms with van der Waals surface area (Å²) in [5, 5.41) is 7.22. The number of halogens is 2. The molecule has 0 bridgehead atoms. The summed E-state index contributed by atoms with van der Waals surface area (Å²) < 4.78 is 0. The van der Waals surface area contributed by atoms with Gasteiger partial charge in [0.05, 0.1) is 16.8 Å². The Hall–Kier alpha value is -1.55. The Kier molecular flexibility index (Phi) is 6.67. The Labute approximate surface area is 153 Å². The van der Waals surface area contributed by atoms with E-state index in [0.717, 1.165) is 5.56 Å². The molecule has 0 unspecified atom stereocenters. The van der Waals surface area contributed by atoms with Crippen molar-refractivity contribution in [3.63, 3.8) is 0 Å². The van der Waals surface area contributed by atoms with Crippen molar-refractivity contribution in [1.82, 2.24) is 5.32 Å². The van der Waals surface area contributed by atoms with Gasteiger partial charge in [-0.3, -0.25) is 10.1 Å². The molecule has 0 radical (unpaired) electrons. The number of anilines is 1. The number of hydrogen-bond acceptors (Lipinski definition) is 2. The van der Waals surface area contributed by atoms with E-state index >= 15 is 0 Å². The molecule has 1 amide bonds. The van der Waals surface area contributed by atoms with E-state index in [0.29, 0.717) is 21.7 Å². The maximum atomic E-state index is 12.5. The van der Waals surface area contributed by atoms with Gasteiger partial charge in [-0.1, -0.05) is 67.4 Å². The zero-order valence-corrected chi connectivity index (χ0v) is 15.5. The summed E-state index contributed by atoms with van der Waals surface area (Å²) in [6.07, 6.45) is 0. The zero-order valence-electron chi connectivity index (χ0n) is 14.0. The van der Waals surface area contributed by atoms with Gasteiger partial charge in [0.25, 0.3) is 0 Å². The van der Waals surface area contributed by atoms with Crippen LogP contribution in [0.2, 0.25) is 10.0 Å². The predicted octanol–water partition coefficient (Wildman–Crippen LogP) is 5.31. The quantitative estimate of drug-likeness (QED) is 0.729. The van der Waals surface area contributed by atoms with Crippen LogP contribution in [0.5, 0.6) is 0 Å². The van der Waals surface area contributed by atoms with Crippen LogP contribution < -0.4 is 10.6 Å². The fourth-order valence-electron chi connectivity index (χ4n) is 2.51. The van der Waals surface area contributed by atoms with Crippen molar-refractivity contribution in [2.24, 2.45) is 5.92 Å². The fraction of sp³-hybridized carbons (Fsp3) is 0.316. The first-order valence-corrected chi connectivity index (χ1v) is 8.71. The second kappa shape index (κ2) is 8.52. The minimum absolute atomic E-state index is 0.0850. The second-order valence-corrected chi connectivity index (χ2v) is 6.98. The molecule has 0 aliphatic rings. The lowest BCUT2D eigenvalue weighted by molar-refractivity contribution is -0.118. The molecule has 2 atom stereocenters. The molecule has 5 heteroatoms. The molecule has 0 saturated heterocycles. The second-order valence-electron chi connectivity index (χ2n) is 6.13. The first kappa shape index (κ1) is 18.8. The van der Waals surface area contributed by atoms with Crippen molar-refractivity contribution in [3.05, 3.63) is 64.1 Å². The van der Waals surface area contributed by atoms with Crippen molar-refractivity contribution >= 4 is 34.8 Å². The minimum atomic E-state index is -0.382. The Balaban J connectivity index is 2.08. The summed E-state index contributed by atoms with van der Waals surface area (Å²) in [4.78, 5) is 12.5. The molecule has 2 rings (SSSR count). The topological polar surface area (TPSA) is 41.1 Å². The van der Waals surface area contributed by atoms with Crippen LogP contribution in [-0.4, -0.2) is 11.9 Å². The molecule has 128 valence electrons. The van der Waals surface area contributed by atoms with Gasteiger partial charge in [-0.05, 0) is 36.6 Å². The monoisotopic (exact) mass is 364 g/mol. The van der Waals surface area contributed by atoms with E-state index < -0.39 is 0 Å². The highest BCUT2D eigenvalue weighted by molar-refractivity contribution is 6.35. The van der Waals surface area contributed by atoms with Gasteiger partial charge in [0.15, 0.2) is 0 Å². The number of rotatable bonds is 6. The highest BCUT2D eigenvalue weighted by Crippen LogP contribution is 2.26. The highest BCUT2D eigenvalue weighted by Gasteiger charge is 2.22.